The largest absolute Gasteiger partial charge is 0.381 e. The van der Waals surface area contributed by atoms with Crippen LogP contribution < -0.4 is 0 Å². The first-order chi connectivity index (χ1) is 11.3. The van der Waals surface area contributed by atoms with Gasteiger partial charge in [0, 0.05) is 57.8 Å². The van der Waals surface area contributed by atoms with Crippen molar-refractivity contribution in [1.82, 2.24) is 24.2 Å². The monoisotopic (exact) mass is 315 g/mol. The molecule has 0 saturated heterocycles. The van der Waals surface area contributed by atoms with Gasteiger partial charge in [0.05, 0.1) is 18.8 Å². The average molecular weight is 315 g/mol. The summed E-state index contributed by atoms with van der Waals surface area (Å²) in [5.74, 6) is 2.41. The molecule has 0 aromatic carbocycles. The Morgan fingerprint density at radius 3 is 2.83 bits per heavy atom. The topological polar surface area (TPSA) is 48.1 Å². The highest BCUT2D eigenvalue weighted by molar-refractivity contribution is 5.03. The van der Waals surface area contributed by atoms with Crippen molar-refractivity contribution in [1.29, 1.82) is 0 Å². The molecule has 1 atom stereocenters. The molecule has 0 N–H and O–H groups in total. The lowest BCUT2D eigenvalue weighted by Crippen LogP contribution is -2.31. The van der Waals surface area contributed by atoms with Crippen LogP contribution in [0.4, 0.5) is 0 Å². The molecule has 6 heteroatoms. The van der Waals surface area contributed by atoms with Gasteiger partial charge in [-0.15, -0.1) is 0 Å². The molecule has 1 saturated carbocycles. The van der Waals surface area contributed by atoms with Crippen LogP contribution in [0, 0.1) is 11.8 Å². The van der Waals surface area contributed by atoms with Crippen molar-refractivity contribution >= 4 is 0 Å². The quantitative estimate of drug-likeness (QED) is 0.814. The molecule has 23 heavy (non-hydrogen) atoms. The number of aromatic nitrogens is 4. The zero-order valence-electron chi connectivity index (χ0n) is 13.8. The van der Waals surface area contributed by atoms with E-state index in [1.807, 2.05) is 18.6 Å². The van der Waals surface area contributed by atoms with Crippen molar-refractivity contribution in [3.8, 4) is 0 Å². The van der Waals surface area contributed by atoms with E-state index in [4.69, 9.17) is 4.74 Å². The molecule has 6 nitrogen and oxygen atoms in total. The van der Waals surface area contributed by atoms with E-state index in [1.54, 1.807) is 0 Å². The second-order valence-electron chi connectivity index (χ2n) is 6.98. The van der Waals surface area contributed by atoms with E-state index in [2.05, 4.69) is 37.3 Å². The zero-order valence-corrected chi connectivity index (χ0v) is 13.8. The van der Waals surface area contributed by atoms with Gasteiger partial charge in [0.2, 0.25) is 0 Å². The Morgan fingerprint density at radius 2 is 2.04 bits per heavy atom. The molecule has 1 aliphatic carbocycles. The number of imidazole rings is 1. The van der Waals surface area contributed by atoms with Crippen LogP contribution in [0.1, 0.15) is 24.4 Å². The number of ether oxygens (including phenoxy) is 1. The van der Waals surface area contributed by atoms with Crippen LogP contribution in [0.3, 0.4) is 0 Å². The van der Waals surface area contributed by atoms with Gasteiger partial charge in [-0.3, -0.25) is 9.58 Å². The molecule has 2 aromatic heterocycles. The molecule has 124 valence electrons. The molecule has 0 bridgehead atoms. The minimum atomic E-state index is 0.482. The Balaban J connectivity index is 1.43. The lowest BCUT2D eigenvalue weighted by molar-refractivity contribution is 0.0691. The van der Waals surface area contributed by atoms with E-state index in [9.17, 15) is 0 Å². The van der Waals surface area contributed by atoms with Crippen molar-refractivity contribution < 1.29 is 4.74 Å². The van der Waals surface area contributed by atoms with Crippen LogP contribution in [-0.2, 0) is 31.4 Å². The van der Waals surface area contributed by atoms with Crippen LogP contribution in [0.5, 0.6) is 0 Å². The predicted molar refractivity (Wildman–Crippen MR) is 86.6 cm³/mol. The van der Waals surface area contributed by atoms with Crippen molar-refractivity contribution in [2.24, 2.45) is 18.9 Å². The van der Waals surface area contributed by atoms with Gasteiger partial charge in [0.15, 0.2) is 0 Å². The Hall–Kier alpha value is -1.66. The summed E-state index contributed by atoms with van der Waals surface area (Å²) in [6.07, 6.45) is 8.47. The van der Waals surface area contributed by atoms with E-state index in [0.29, 0.717) is 5.92 Å². The summed E-state index contributed by atoms with van der Waals surface area (Å²) in [4.78, 5) is 6.94. The highest BCUT2D eigenvalue weighted by Gasteiger charge is 2.25. The fourth-order valence-electron chi connectivity index (χ4n) is 3.28. The minimum Gasteiger partial charge on any atom is -0.381 e. The van der Waals surface area contributed by atoms with Crippen molar-refractivity contribution in [2.75, 3.05) is 19.8 Å². The number of fused-ring (bicyclic) bond motifs is 1. The minimum absolute atomic E-state index is 0.482. The molecular weight excluding hydrogens is 290 g/mol. The average Bonchev–Trinajstić information content (AvgIpc) is 3.17. The van der Waals surface area contributed by atoms with E-state index in [0.717, 1.165) is 51.1 Å². The van der Waals surface area contributed by atoms with Gasteiger partial charge < -0.3 is 9.30 Å². The summed E-state index contributed by atoms with van der Waals surface area (Å²) in [7, 11) is 2.06. The molecule has 0 spiro atoms. The zero-order chi connectivity index (χ0) is 15.6. The smallest absolute Gasteiger partial charge is 0.122 e. The maximum Gasteiger partial charge on any atom is 0.122 e. The van der Waals surface area contributed by atoms with E-state index < -0.39 is 0 Å². The van der Waals surface area contributed by atoms with Gasteiger partial charge >= 0.3 is 0 Å². The molecule has 4 rings (SSSR count). The lowest BCUT2D eigenvalue weighted by Gasteiger charge is -2.23. The van der Waals surface area contributed by atoms with Crippen molar-refractivity contribution in [3.05, 3.63) is 36.2 Å². The Bertz CT molecular complexity index is 645. The van der Waals surface area contributed by atoms with Crippen LogP contribution in [0.2, 0.25) is 0 Å². The fraction of sp³-hybridized carbons (Fsp3) is 0.647. The highest BCUT2D eigenvalue weighted by atomic mass is 16.5. The van der Waals surface area contributed by atoms with Gasteiger partial charge in [-0.1, -0.05) is 0 Å². The molecule has 2 aromatic rings. The Labute approximate surface area is 137 Å². The Kier molecular flexibility index (Phi) is 4.18. The predicted octanol–water partition coefficient (Wildman–Crippen LogP) is 1.68. The summed E-state index contributed by atoms with van der Waals surface area (Å²) in [5, 5.41) is 4.49. The molecule has 0 radical (unpaired) electrons. The first-order valence-electron chi connectivity index (χ1n) is 8.55. The second kappa shape index (κ2) is 6.45. The third-order valence-electron chi connectivity index (χ3n) is 4.83. The van der Waals surface area contributed by atoms with Crippen LogP contribution in [-0.4, -0.2) is 44.0 Å². The number of hydrogen-bond acceptors (Lipinski definition) is 4. The van der Waals surface area contributed by atoms with E-state index in [1.165, 1.54) is 18.5 Å². The standard InChI is InChI=1S/C17H25N5O/c1-20-7-6-18-17(20)11-21-8-15(13-23-12-14-2-3-14)9-22-16(10-21)4-5-19-22/h4-7,14-15H,2-3,8-13H2,1H3. The van der Waals surface area contributed by atoms with E-state index >= 15 is 0 Å². The first-order valence-corrected chi connectivity index (χ1v) is 8.55. The number of aryl methyl sites for hydroxylation is 1. The first kappa shape index (κ1) is 14.9. The van der Waals surface area contributed by atoms with Crippen LogP contribution in [0.15, 0.2) is 24.7 Å². The molecule has 1 fully saturated rings. The van der Waals surface area contributed by atoms with E-state index in [-0.39, 0.29) is 0 Å². The van der Waals surface area contributed by atoms with Crippen molar-refractivity contribution in [3.63, 3.8) is 0 Å². The number of rotatable bonds is 6. The van der Waals surface area contributed by atoms with Gasteiger partial charge in [-0.25, -0.2) is 4.98 Å². The third kappa shape index (κ3) is 3.64. The highest BCUT2D eigenvalue weighted by Crippen LogP contribution is 2.29. The number of hydrogen-bond donors (Lipinski definition) is 0. The maximum absolute atomic E-state index is 5.96. The molecule has 1 aliphatic heterocycles. The molecule has 1 unspecified atom stereocenters. The summed E-state index contributed by atoms with van der Waals surface area (Å²) >= 11 is 0. The van der Waals surface area contributed by atoms with Crippen molar-refractivity contribution in [2.45, 2.75) is 32.5 Å². The van der Waals surface area contributed by atoms with Gasteiger partial charge in [0.25, 0.3) is 0 Å². The lowest BCUT2D eigenvalue weighted by atomic mass is 10.1. The maximum atomic E-state index is 5.96. The van der Waals surface area contributed by atoms with Crippen LogP contribution in [0.25, 0.3) is 0 Å². The molecule has 2 aliphatic rings. The Morgan fingerprint density at radius 1 is 1.17 bits per heavy atom. The molecular formula is C17H25N5O. The summed E-state index contributed by atoms with van der Waals surface area (Å²) < 4.78 is 10.2. The fourth-order valence-corrected chi connectivity index (χ4v) is 3.28. The second-order valence-corrected chi connectivity index (χ2v) is 6.98. The third-order valence-corrected chi connectivity index (χ3v) is 4.83. The SMILES string of the molecule is Cn1ccnc1CN1Cc2ccnn2CC(COCC2CC2)C1. The summed E-state index contributed by atoms with van der Waals surface area (Å²) in [5.41, 5.74) is 1.28. The van der Waals surface area contributed by atoms with Crippen LogP contribution >= 0.6 is 0 Å². The summed E-state index contributed by atoms with van der Waals surface area (Å²) in [6.45, 7) is 5.53. The molecule has 3 heterocycles. The summed E-state index contributed by atoms with van der Waals surface area (Å²) in [6, 6.07) is 2.12. The van der Waals surface area contributed by atoms with Gasteiger partial charge in [0.1, 0.15) is 5.82 Å². The normalized spacial score (nSPS) is 22.0. The van der Waals surface area contributed by atoms with Gasteiger partial charge in [-0.05, 0) is 24.8 Å². The molecule has 0 amide bonds. The number of nitrogens with zero attached hydrogens (tertiary/aromatic N) is 5. The van der Waals surface area contributed by atoms with Gasteiger partial charge in [-0.2, -0.15) is 5.10 Å².